The summed E-state index contributed by atoms with van der Waals surface area (Å²) in [5.41, 5.74) is 5.07. The van der Waals surface area contributed by atoms with Crippen molar-refractivity contribution in [3.05, 3.63) is 0 Å². The average molecular weight is 255 g/mol. The lowest BCUT2D eigenvalue weighted by Crippen LogP contribution is -2.57. The maximum absolute atomic E-state index is 12.5. The van der Waals surface area contributed by atoms with Crippen molar-refractivity contribution in [1.82, 2.24) is 9.80 Å². The molecule has 1 aliphatic heterocycles. The van der Waals surface area contributed by atoms with Crippen LogP contribution in [0.3, 0.4) is 0 Å². The number of rotatable bonds is 4. The van der Waals surface area contributed by atoms with E-state index in [1.54, 1.807) is 0 Å². The fourth-order valence-electron chi connectivity index (χ4n) is 2.36. The van der Waals surface area contributed by atoms with Crippen LogP contribution in [0, 0.1) is 5.41 Å². The first-order valence-corrected chi connectivity index (χ1v) is 6.82. The van der Waals surface area contributed by atoms with Crippen molar-refractivity contribution in [1.29, 1.82) is 0 Å². The predicted molar refractivity (Wildman–Crippen MR) is 75.3 cm³/mol. The molecule has 4 nitrogen and oxygen atoms in total. The number of likely N-dealkylation sites (tertiary alicyclic amines) is 1. The summed E-state index contributed by atoms with van der Waals surface area (Å²) in [6.45, 7) is 9.64. The molecule has 106 valence electrons. The van der Waals surface area contributed by atoms with E-state index in [2.05, 4.69) is 11.9 Å². The molecular formula is C14H29N3O. The Balaban J connectivity index is 2.67. The molecular weight excluding hydrogens is 226 g/mol. The van der Waals surface area contributed by atoms with Crippen LogP contribution in [0.4, 0.5) is 0 Å². The summed E-state index contributed by atoms with van der Waals surface area (Å²) in [6, 6.07) is 0.496. The van der Waals surface area contributed by atoms with Gasteiger partial charge in [0.25, 0.3) is 0 Å². The van der Waals surface area contributed by atoms with Crippen LogP contribution < -0.4 is 5.73 Å². The van der Waals surface area contributed by atoms with E-state index < -0.39 is 11.0 Å². The number of carbonyl (C=O) groups excluding carboxylic acids is 1. The molecule has 0 aliphatic carbocycles. The fourth-order valence-corrected chi connectivity index (χ4v) is 2.36. The molecule has 1 aliphatic rings. The topological polar surface area (TPSA) is 49.6 Å². The van der Waals surface area contributed by atoms with Gasteiger partial charge in [0.2, 0.25) is 5.91 Å². The van der Waals surface area contributed by atoms with Gasteiger partial charge in [0.1, 0.15) is 0 Å². The van der Waals surface area contributed by atoms with E-state index in [9.17, 15) is 4.79 Å². The second-order valence-corrected chi connectivity index (χ2v) is 6.81. The van der Waals surface area contributed by atoms with Crippen LogP contribution >= 0.6 is 0 Å². The van der Waals surface area contributed by atoms with Crippen molar-refractivity contribution in [3.8, 4) is 0 Å². The summed E-state index contributed by atoms with van der Waals surface area (Å²) in [6.07, 6.45) is 2.41. The minimum absolute atomic E-state index is 0.135. The molecule has 1 fully saturated rings. The Bertz CT molecular complexity index is 307. The minimum Gasteiger partial charge on any atom is -0.344 e. The SMILES string of the molecule is CN(CC1CCCN1C)C(=O)C(C)(C)C(C)(C)N. The van der Waals surface area contributed by atoms with E-state index in [1.807, 2.05) is 39.6 Å². The number of likely N-dealkylation sites (N-methyl/N-ethyl adjacent to an activating group) is 2. The molecule has 4 heteroatoms. The molecule has 1 unspecified atom stereocenters. The summed E-state index contributed by atoms with van der Waals surface area (Å²) >= 11 is 0. The quantitative estimate of drug-likeness (QED) is 0.824. The molecule has 18 heavy (non-hydrogen) atoms. The van der Waals surface area contributed by atoms with Gasteiger partial charge in [-0.2, -0.15) is 0 Å². The molecule has 0 bridgehead atoms. The Labute approximate surface area is 111 Å². The molecule has 1 heterocycles. The molecule has 1 atom stereocenters. The van der Waals surface area contributed by atoms with E-state index >= 15 is 0 Å². The van der Waals surface area contributed by atoms with Crippen LogP contribution in [-0.4, -0.2) is 54.5 Å². The average Bonchev–Trinajstić information content (AvgIpc) is 2.61. The third kappa shape index (κ3) is 3.04. The molecule has 0 aromatic heterocycles. The lowest BCUT2D eigenvalue weighted by Gasteiger charge is -2.40. The molecule has 2 N–H and O–H groups in total. The minimum atomic E-state index is -0.543. The zero-order valence-corrected chi connectivity index (χ0v) is 12.8. The van der Waals surface area contributed by atoms with Gasteiger partial charge in [-0.3, -0.25) is 4.79 Å². The molecule has 1 rings (SSSR count). The van der Waals surface area contributed by atoms with E-state index in [-0.39, 0.29) is 5.91 Å². The Morgan fingerprint density at radius 2 is 1.94 bits per heavy atom. The maximum Gasteiger partial charge on any atom is 0.229 e. The summed E-state index contributed by atoms with van der Waals surface area (Å²) < 4.78 is 0. The predicted octanol–water partition coefficient (Wildman–Crippen LogP) is 1.30. The monoisotopic (exact) mass is 255 g/mol. The largest absolute Gasteiger partial charge is 0.344 e. The van der Waals surface area contributed by atoms with Gasteiger partial charge in [0.15, 0.2) is 0 Å². The zero-order valence-electron chi connectivity index (χ0n) is 12.8. The number of nitrogens with zero attached hydrogens (tertiary/aromatic N) is 2. The second-order valence-electron chi connectivity index (χ2n) is 6.81. The van der Waals surface area contributed by atoms with Gasteiger partial charge in [-0.15, -0.1) is 0 Å². The summed E-state index contributed by atoms with van der Waals surface area (Å²) in [7, 11) is 4.02. The molecule has 1 amide bonds. The van der Waals surface area contributed by atoms with Crippen LogP contribution in [0.5, 0.6) is 0 Å². The molecule has 0 saturated carbocycles. The highest BCUT2D eigenvalue weighted by Crippen LogP contribution is 2.30. The number of amides is 1. The van der Waals surface area contributed by atoms with Crippen LogP contribution in [0.2, 0.25) is 0 Å². The van der Waals surface area contributed by atoms with Crippen LogP contribution in [0.15, 0.2) is 0 Å². The van der Waals surface area contributed by atoms with Gasteiger partial charge in [-0.25, -0.2) is 0 Å². The zero-order chi connectivity index (χ0) is 14.1. The van der Waals surface area contributed by atoms with E-state index in [0.717, 1.165) is 13.1 Å². The molecule has 0 aromatic rings. The van der Waals surface area contributed by atoms with Crippen molar-refractivity contribution in [2.24, 2.45) is 11.1 Å². The van der Waals surface area contributed by atoms with Gasteiger partial charge < -0.3 is 15.5 Å². The van der Waals surface area contributed by atoms with Gasteiger partial charge in [-0.1, -0.05) is 0 Å². The third-order valence-electron chi connectivity index (χ3n) is 4.65. The number of nitrogens with two attached hydrogens (primary N) is 1. The smallest absolute Gasteiger partial charge is 0.229 e. The molecule has 0 spiro atoms. The third-order valence-corrected chi connectivity index (χ3v) is 4.65. The van der Waals surface area contributed by atoms with Crippen LogP contribution in [-0.2, 0) is 4.79 Å². The van der Waals surface area contributed by atoms with E-state index in [4.69, 9.17) is 5.73 Å². The Kier molecular flexibility index (Phi) is 4.44. The Morgan fingerprint density at radius 1 is 1.39 bits per heavy atom. The summed E-state index contributed by atoms with van der Waals surface area (Å²) in [5, 5.41) is 0. The first-order chi connectivity index (χ1) is 8.07. The van der Waals surface area contributed by atoms with Crippen LogP contribution in [0.25, 0.3) is 0 Å². The van der Waals surface area contributed by atoms with Crippen molar-refractivity contribution in [2.75, 3.05) is 27.2 Å². The Morgan fingerprint density at radius 3 is 2.33 bits per heavy atom. The number of carbonyl (C=O) groups is 1. The first kappa shape index (κ1) is 15.4. The molecule has 0 aromatic carbocycles. The van der Waals surface area contributed by atoms with Crippen molar-refractivity contribution >= 4 is 5.91 Å². The standard InChI is InChI=1S/C14H29N3O/c1-13(2,14(3,4)15)12(18)17(6)10-11-8-7-9-16(11)5/h11H,7-10,15H2,1-6H3. The molecule has 1 saturated heterocycles. The van der Waals surface area contributed by atoms with Crippen LogP contribution in [0.1, 0.15) is 40.5 Å². The van der Waals surface area contributed by atoms with Gasteiger partial charge in [-0.05, 0) is 54.1 Å². The van der Waals surface area contributed by atoms with Crippen molar-refractivity contribution in [3.63, 3.8) is 0 Å². The summed E-state index contributed by atoms with van der Waals surface area (Å²) in [4.78, 5) is 16.7. The fraction of sp³-hybridized carbons (Fsp3) is 0.929. The summed E-state index contributed by atoms with van der Waals surface area (Å²) in [5.74, 6) is 0.135. The highest BCUT2D eigenvalue weighted by molar-refractivity contribution is 5.83. The van der Waals surface area contributed by atoms with E-state index in [0.29, 0.717) is 6.04 Å². The highest BCUT2D eigenvalue weighted by Gasteiger charge is 2.42. The molecule has 0 radical (unpaired) electrons. The van der Waals surface area contributed by atoms with Crippen molar-refractivity contribution < 1.29 is 4.79 Å². The van der Waals surface area contributed by atoms with Gasteiger partial charge in [0.05, 0.1) is 5.41 Å². The second kappa shape index (κ2) is 5.17. The lowest BCUT2D eigenvalue weighted by molar-refractivity contribution is -0.142. The van der Waals surface area contributed by atoms with Gasteiger partial charge in [0, 0.05) is 25.2 Å². The maximum atomic E-state index is 12.5. The first-order valence-electron chi connectivity index (χ1n) is 6.82. The highest BCUT2D eigenvalue weighted by atomic mass is 16.2. The Hall–Kier alpha value is -0.610. The van der Waals surface area contributed by atoms with Gasteiger partial charge >= 0.3 is 0 Å². The number of hydrogen-bond acceptors (Lipinski definition) is 3. The normalized spacial score (nSPS) is 22.3. The number of hydrogen-bond donors (Lipinski definition) is 1. The lowest BCUT2D eigenvalue weighted by atomic mass is 9.74. The van der Waals surface area contributed by atoms with Crippen molar-refractivity contribution in [2.45, 2.75) is 52.1 Å². The van der Waals surface area contributed by atoms with E-state index in [1.165, 1.54) is 12.8 Å².